The Morgan fingerprint density at radius 3 is 2.71 bits per heavy atom. The van der Waals surface area contributed by atoms with Crippen LogP contribution >= 0.6 is 11.3 Å². The molecular formula is C19H21N3O4S2. The first-order valence-corrected chi connectivity index (χ1v) is 11.1. The number of piperidine rings is 1. The van der Waals surface area contributed by atoms with Crippen molar-refractivity contribution in [1.29, 1.82) is 5.26 Å². The molecule has 2 heterocycles. The van der Waals surface area contributed by atoms with Gasteiger partial charge in [-0.3, -0.25) is 4.79 Å². The molecule has 0 spiro atoms. The van der Waals surface area contributed by atoms with E-state index in [0.29, 0.717) is 35.0 Å². The van der Waals surface area contributed by atoms with Gasteiger partial charge < -0.3 is 10.1 Å². The highest BCUT2D eigenvalue weighted by Gasteiger charge is 2.34. The number of hydrogen-bond donors (Lipinski definition) is 1. The summed E-state index contributed by atoms with van der Waals surface area (Å²) in [6, 6.07) is 12.0. The van der Waals surface area contributed by atoms with Gasteiger partial charge in [0.05, 0.1) is 5.92 Å². The summed E-state index contributed by atoms with van der Waals surface area (Å²) in [4.78, 5) is 13.6. The van der Waals surface area contributed by atoms with E-state index in [2.05, 4.69) is 5.32 Å². The maximum absolute atomic E-state index is 12.8. The van der Waals surface area contributed by atoms with Gasteiger partial charge in [0.2, 0.25) is 5.91 Å². The number of ether oxygens (including phenoxy) is 1. The monoisotopic (exact) mass is 419 g/mol. The number of benzene rings is 1. The zero-order valence-electron chi connectivity index (χ0n) is 15.4. The fraction of sp³-hybridized carbons (Fsp3) is 0.368. The standard InChI is InChI=1S/C19H21N3O4S2/c1-14-4-9-18(27-14)28(24,25)22-11-2-3-15(13-22)19(23)21-16-5-7-17(8-6-16)26-12-10-20/h4-9,15H,2-3,11-13H2,1H3,(H,21,23). The molecule has 0 bridgehead atoms. The molecule has 1 aliphatic heterocycles. The lowest BCUT2D eigenvalue weighted by atomic mass is 9.99. The van der Waals surface area contributed by atoms with Crippen LogP contribution in [0.3, 0.4) is 0 Å². The van der Waals surface area contributed by atoms with Crippen LogP contribution in [0.4, 0.5) is 5.69 Å². The van der Waals surface area contributed by atoms with E-state index in [9.17, 15) is 13.2 Å². The minimum atomic E-state index is -3.57. The van der Waals surface area contributed by atoms with Gasteiger partial charge >= 0.3 is 0 Å². The number of nitrogens with zero attached hydrogens (tertiary/aromatic N) is 2. The average Bonchev–Trinajstić information content (AvgIpc) is 3.15. The summed E-state index contributed by atoms with van der Waals surface area (Å²) in [5, 5.41) is 11.4. The number of hydrogen-bond acceptors (Lipinski definition) is 6. The second-order valence-corrected chi connectivity index (χ2v) is 9.98. The maximum atomic E-state index is 12.8. The van der Waals surface area contributed by atoms with Gasteiger partial charge in [-0.2, -0.15) is 9.57 Å². The number of nitriles is 1. The molecule has 1 amide bonds. The molecule has 1 fully saturated rings. The van der Waals surface area contributed by atoms with Gasteiger partial charge in [-0.05, 0) is 56.2 Å². The van der Waals surface area contributed by atoms with Crippen molar-refractivity contribution in [3.63, 3.8) is 0 Å². The topological polar surface area (TPSA) is 99.5 Å². The van der Waals surface area contributed by atoms with Crippen molar-refractivity contribution >= 4 is 33.0 Å². The van der Waals surface area contributed by atoms with E-state index in [0.717, 1.165) is 4.88 Å². The molecule has 2 aromatic rings. The lowest BCUT2D eigenvalue weighted by molar-refractivity contribution is -0.120. The molecule has 28 heavy (non-hydrogen) atoms. The van der Waals surface area contributed by atoms with E-state index in [-0.39, 0.29) is 19.1 Å². The molecule has 1 aromatic carbocycles. The lowest BCUT2D eigenvalue weighted by Crippen LogP contribution is -2.43. The Labute approximate surface area is 168 Å². The molecule has 9 heteroatoms. The van der Waals surface area contributed by atoms with Crippen molar-refractivity contribution in [2.24, 2.45) is 5.92 Å². The molecule has 7 nitrogen and oxygen atoms in total. The lowest BCUT2D eigenvalue weighted by Gasteiger charge is -2.30. The summed E-state index contributed by atoms with van der Waals surface area (Å²) in [5.74, 6) is -0.0622. The van der Waals surface area contributed by atoms with Crippen molar-refractivity contribution < 1.29 is 17.9 Å². The van der Waals surface area contributed by atoms with Crippen molar-refractivity contribution in [1.82, 2.24) is 4.31 Å². The second kappa shape index (κ2) is 8.73. The number of carbonyl (C=O) groups excluding carboxylic acids is 1. The van der Waals surface area contributed by atoms with Crippen molar-refractivity contribution in [2.75, 3.05) is 25.0 Å². The minimum Gasteiger partial charge on any atom is -0.479 e. The Morgan fingerprint density at radius 2 is 2.07 bits per heavy atom. The van der Waals surface area contributed by atoms with E-state index in [1.165, 1.54) is 15.6 Å². The van der Waals surface area contributed by atoms with Crippen molar-refractivity contribution in [3.8, 4) is 11.8 Å². The van der Waals surface area contributed by atoms with Crippen LogP contribution in [0.2, 0.25) is 0 Å². The predicted molar refractivity (Wildman–Crippen MR) is 107 cm³/mol. The van der Waals surface area contributed by atoms with E-state index in [1.807, 2.05) is 13.0 Å². The van der Waals surface area contributed by atoms with Crippen molar-refractivity contribution in [2.45, 2.75) is 24.0 Å². The Kier molecular flexibility index (Phi) is 6.34. The second-order valence-electron chi connectivity index (χ2n) is 6.53. The first kappa shape index (κ1) is 20.3. The van der Waals surface area contributed by atoms with Crippen LogP contribution in [0.25, 0.3) is 0 Å². The molecule has 1 aliphatic rings. The van der Waals surface area contributed by atoms with Crippen LogP contribution in [0.5, 0.6) is 5.75 Å². The van der Waals surface area contributed by atoms with Gasteiger partial charge in [-0.25, -0.2) is 8.42 Å². The average molecular weight is 420 g/mol. The largest absolute Gasteiger partial charge is 0.479 e. The third-order valence-corrected chi connectivity index (χ3v) is 7.82. The highest BCUT2D eigenvalue weighted by molar-refractivity contribution is 7.91. The molecule has 0 radical (unpaired) electrons. The third kappa shape index (κ3) is 4.70. The fourth-order valence-electron chi connectivity index (χ4n) is 3.05. The van der Waals surface area contributed by atoms with Crippen LogP contribution in [0.15, 0.2) is 40.6 Å². The smallest absolute Gasteiger partial charge is 0.252 e. The summed E-state index contributed by atoms with van der Waals surface area (Å²) < 4.78 is 32.5. The molecule has 1 saturated heterocycles. The highest BCUT2D eigenvalue weighted by atomic mass is 32.2. The van der Waals surface area contributed by atoms with Gasteiger partial charge in [0.15, 0.2) is 6.61 Å². The summed E-state index contributed by atoms with van der Waals surface area (Å²) >= 11 is 1.25. The summed E-state index contributed by atoms with van der Waals surface area (Å²) in [5.41, 5.74) is 0.600. The first-order valence-electron chi connectivity index (χ1n) is 8.87. The first-order chi connectivity index (χ1) is 13.4. The van der Waals surface area contributed by atoms with Gasteiger partial charge in [0.25, 0.3) is 10.0 Å². The minimum absolute atomic E-state index is 0.0398. The number of thiophene rings is 1. The van der Waals surface area contributed by atoms with Crippen LogP contribution in [-0.4, -0.2) is 38.3 Å². The number of nitrogens with one attached hydrogen (secondary N) is 1. The number of rotatable bonds is 6. The molecule has 3 rings (SSSR count). The molecule has 1 atom stereocenters. The Bertz CT molecular complexity index is 977. The molecule has 0 saturated carbocycles. The number of anilines is 1. The van der Waals surface area contributed by atoms with Gasteiger partial charge in [-0.1, -0.05) is 0 Å². The zero-order valence-corrected chi connectivity index (χ0v) is 17.1. The SMILES string of the molecule is Cc1ccc(S(=O)(=O)N2CCCC(C(=O)Nc3ccc(OCC#N)cc3)C2)s1. The molecule has 1 unspecified atom stereocenters. The Hall–Kier alpha value is -2.41. The molecule has 1 aromatic heterocycles. The van der Waals surface area contributed by atoms with Crippen LogP contribution in [0, 0.1) is 24.2 Å². The van der Waals surface area contributed by atoms with Crippen LogP contribution in [-0.2, 0) is 14.8 Å². The number of amides is 1. The highest BCUT2D eigenvalue weighted by Crippen LogP contribution is 2.28. The predicted octanol–water partition coefficient (Wildman–Crippen LogP) is 3.00. The Morgan fingerprint density at radius 1 is 1.32 bits per heavy atom. The van der Waals surface area contributed by atoms with Gasteiger partial charge in [0, 0.05) is 23.7 Å². The number of aryl methyl sites for hydroxylation is 1. The third-order valence-electron chi connectivity index (χ3n) is 4.49. The molecule has 1 N–H and O–H groups in total. The number of carbonyl (C=O) groups is 1. The summed E-state index contributed by atoms with van der Waals surface area (Å²) in [7, 11) is -3.57. The van der Waals surface area contributed by atoms with E-state index in [1.54, 1.807) is 36.4 Å². The van der Waals surface area contributed by atoms with E-state index >= 15 is 0 Å². The van der Waals surface area contributed by atoms with Crippen molar-refractivity contribution in [3.05, 3.63) is 41.3 Å². The molecule has 148 valence electrons. The molecular weight excluding hydrogens is 398 g/mol. The summed E-state index contributed by atoms with van der Waals surface area (Å²) in [6.45, 7) is 2.43. The number of sulfonamides is 1. The van der Waals surface area contributed by atoms with Gasteiger partial charge in [0.1, 0.15) is 16.0 Å². The zero-order chi connectivity index (χ0) is 20.1. The fourth-order valence-corrected chi connectivity index (χ4v) is 6.01. The van der Waals surface area contributed by atoms with E-state index in [4.69, 9.17) is 10.00 Å². The normalized spacial score (nSPS) is 17.6. The quantitative estimate of drug-likeness (QED) is 0.776. The Balaban J connectivity index is 1.63. The summed E-state index contributed by atoms with van der Waals surface area (Å²) in [6.07, 6.45) is 1.29. The van der Waals surface area contributed by atoms with Gasteiger partial charge in [-0.15, -0.1) is 11.3 Å². The van der Waals surface area contributed by atoms with Crippen LogP contribution in [0.1, 0.15) is 17.7 Å². The van der Waals surface area contributed by atoms with Crippen LogP contribution < -0.4 is 10.1 Å². The maximum Gasteiger partial charge on any atom is 0.252 e. The van der Waals surface area contributed by atoms with E-state index < -0.39 is 15.9 Å². The molecule has 0 aliphatic carbocycles.